The van der Waals surface area contributed by atoms with E-state index in [0.29, 0.717) is 12.3 Å². The first kappa shape index (κ1) is 11.2. The van der Waals surface area contributed by atoms with Crippen LogP contribution in [0, 0.1) is 5.92 Å². The van der Waals surface area contributed by atoms with E-state index in [0.717, 1.165) is 30.6 Å². The summed E-state index contributed by atoms with van der Waals surface area (Å²) in [6.07, 6.45) is 2.80. The first-order valence-electron chi connectivity index (χ1n) is 6.10. The van der Waals surface area contributed by atoms with Gasteiger partial charge in [-0.25, -0.2) is 0 Å². The molecule has 0 saturated heterocycles. The maximum absolute atomic E-state index is 12.0. The Morgan fingerprint density at radius 1 is 1.50 bits per heavy atom. The smallest absolute Gasteiger partial charge is 0.163 e. The highest BCUT2D eigenvalue weighted by Gasteiger charge is 2.14. The molecule has 0 bridgehead atoms. The number of carbonyl (C=O) groups is 1. The van der Waals surface area contributed by atoms with Crippen LogP contribution >= 0.6 is 0 Å². The summed E-state index contributed by atoms with van der Waals surface area (Å²) in [6, 6.07) is 6.06. The molecule has 0 saturated carbocycles. The third-order valence-corrected chi connectivity index (χ3v) is 3.37. The quantitative estimate of drug-likeness (QED) is 0.784. The van der Waals surface area contributed by atoms with Gasteiger partial charge in [-0.15, -0.1) is 0 Å². The largest absolute Gasteiger partial charge is 0.384 e. The van der Waals surface area contributed by atoms with Gasteiger partial charge < -0.3 is 5.32 Å². The Morgan fingerprint density at radius 2 is 2.31 bits per heavy atom. The van der Waals surface area contributed by atoms with Gasteiger partial charge in [0.05, 0.1) is 0 Å². The van der Waals surface area contributed by atoms with Crippen LogP contribution in [-0.4, -0.2) is 12.3 Å². The molecule has 16 heavy (non-hydrogen) atoms. The van der Waals surface area contributed by atoms with Gasteiger partial charge in [-0.05, 0) is 24.0 Å². The molecular formula is C14H19NO. The van der Waals surface area contributed by atoms with E-state index in [1.807, 2.05) is 12.1 Å². The van der Waals surface area contributed by atoms with E-state index in [1.54, 1.807) is 0 Å². The lowest BCUT2D eigenvalue weighted by Crippen LogP contribution is -2.05. The lowest BCUT2D eigenvalue weighted by molar-refractivity contribution is 0.0963. The third-order valence-electron chi connectivity index (χ3n) is 3.37. The summed E-state index contributed by atoms with van der Waals surface area (Å²) >= 11 is 0. The molecule has 1 heterocycles. The number of ketones is 1. The third kappa shape index (κ3) is 2.26. The predicted octanol–water partition coefficient (Wildman–Crippen LogP) is 3.27. The van der Waals surface area contributed by atoms with E-state index in [2.05, 4.69) is 25.2 Å². The lowest BCUT2D eigenvalue weighted by Gasteiger charge is -2.08. The normalized spacial score (nSPS) is 15.4. The second-order valence-electron chi connectivity index (χ2n) is 4.69. The molecule has 1 atom stereocenters. The minimum absolute atomic E-state index is 0.269. The fourth-order valence-electron chi connectivity index (χ4n) is 2.04. The molecule has 1 aliphatic heterocycles. The Kier molecular flexibility index (Phi) is 3.28. The zero-order valence-corrected chi connectivity index (χ0v) is 10.0. The van der Waals surface area contributed by atoms with Crippen molar-refractivity contribution in [3.63, 3.8) is 0 Å². The SMILES string of the molecule is CCC(C)CC(=O)c1ccc2c(c1)NCC2. The monoisotopic (exact) mass is 217 g/mol. The molecule has 0 aromatic heterocycles. The molecule has 2 nitrogen and oxygen atoms in total. The molecule has 1 unspecified atom stereocenters. The van der Waals surface area contributed by atoms with E-state index in [-0.39, 0.29) is 5.78 Å². The van der Waals surface area contributed by atoms with Gasteiger partial charge in [0.2, 0.25) is 0 Å². The molecule has 1 aliphatic rings. The average Bonchev–Trinajstić information content (AvgIpc) is 2.75. The van der Waals surface area contributed by atoms with E-state index in [4.69, 9.17) is 0 Å². The van der Waals surface area contributed by atoms with Crippen LogP contribution in [-0.2, 0) is 6.42 Å². The highest BCUT2D eigenvalue weighted by atomic mass is 16.1. The van der Waals surface area contributed by atoms with Gasteiger partial charge in [0, 0.05) is 24.2 Å². The number of fused-ring (bicyclic) bond motifs is 1. The van der Waals surface area contributed by atoms with Gasteiger partial charge in [-0.2, -0.15) is 0 Å². The van der Waals surface area contributed by atoms with Gasteiger partial charge in [0.15, 0.2) is 5.78 Å². The van der Waals surface area contributed by atoms with Gasteiger partial charge in [-0.1, -0.05) is 32.4 Å². The molecule has 0 spiro atoms. The summed E-state index contributed by atoms with van der Waals surface area (Å²) in [4.78, 5) is 12.0. The van der Waals surface area contributed by atoms with Crippen molar-refractivity contribution in [3.05, 3.63) is 29.3 Å². The van der Waals surface area contributed by atoms with Crippen molar-refractivity contribution >= 4 is 11.5 Å². The number of rotatable bonds is 4. The van der Waals surface area contributed by atoms with Crippen molar-refractivity contribution in [1.29, 1.82) is 0 Å². The van der Waals surface area contributed by atoms with Gasteiger partial charge >= 0.3 is 0 Å². The van der Waals surface area contributed by atoms with Crippen molar-refractivity contribution in [2.45, 2.75) is 33.1 Å². The first-order valence-corrected chi connectivity index (χ1v) is 6.10. The van der Waals surface area contributed by atoms with E-state index in [9.17, 15) is 4.79 Å². The predicted molar refractivity (Wildman–Crippen MR) is 67.0 cm³/mol. The highest BCUT2D eigenvalue weighted by molar-refractivity contribution is 5.97. The number of anilines is 1. The molecule has 2 rings (SSSR count). The summed E-state index contributed by atoms with van der Waals surface area (Å²) in [7, 11) is 0. The number of Topliss-reactive ketones (excluding diaryl/α,β-unsaturated/α-hetero) is 1. The molecule has 1 N–H and O–H groups in total. The fraction of sp³-hybridized carbons (Fsp3) is 0.500. The molecule has 86 valence electrons. The van der Waals surface area contributed by atoms with Crippen LogP contribution in [0.15, 0.2) is 18.2 Å². The minimum atomic E-state index is 0.269. The molecule has 0 aliphatic carbocycles. The lowest BCUT2D eigenvalue weighted by atomic mass is 9.97. The number of hydrogen-bond donors (Lipinski definition) is 1. The average molecular weight is 217 g/mol. The molecule has 0 radical (unpaired) electrons. The van der Waals surface area contributed by atoms with Crippen LogP contribution in [0.5, 0.6) is 0 Å². The van der Waals surface area contributed by atoms with Gasteiger partial charge in [0.25, 0.3) is 0 Å². The molecule has 0 fully saturated rings. The number of nitrogens with one attached hydrogen (secondary N) is 1. The van der Waals surface area contributed by atoms with Crippen molar-refractivity contribution in [3.8, 4) is 0 Å². The van der Waals surface area contributed by atoms with E-state index < -0.39 is 0 Å². The molecule has 1 aromatic rings. The van der Waals surface area contributed by atoms with Crippen molar-refractivity contribution < 1.29 is 4.79 Å². The van der Waals surface area contributed by atoms with Crippen LogP contribution in [0.25, 0.3) is 0 Å². The Morgan fingerprint density at radius 3 is 3.06 bits per heavy atom. The second-order valence-corrected chi connectivity index (χ2v) is 4.69. The maximum atomic E-state index is 12.0. The fourth-order valence-corrected chi connectivity index (χ4v) is 2.04. The zero-order chi connectivity index (χ0) is 11.5. The molecule has 0 amide bonds. The van der Waals surface area contributed by atoms with Crippen LogP contribution in [0.1, 0.15) is 42.6 Å². The highest BCUT2D eigenvalue weighted by Crippen LogP contribution is 2.24. The number of carbonyl (C=O) groups excluding carboxylic acids is 1. The molecular weight excluding hydrogens is 198 g/mol. The van der Waals surface area contributed by atoms with Gasteiger partial charge in [-0.3, -0.25) is 4.79 Å². The molecule has 2 heteroatoms. The summed E-state index contributed by atoms with van der Waals surface area (Å²) < 4.78 is 0. The second kappa shape index (κ2) is 4.69. The zero-order valence-electron chi connectivity index (χ0n) is 10.0. The number of hydrogen-bond acceptors (Lipinski definition) is 2. The summed E-state index contributed by atoms with van der Waals surface area (Å²) in [5.41, 5.74) is 3.34. The summed E-state index contributed by atoms with van der Waals surface area (Å²) in [5.74, 6) is 0.750. The number of benzene rings is 1. The maximum Gasteiger partial charge on any atom is 0.163 e. The Balaban J connectivity index is 2.12. The van der Waals surface area contributed by atoms with Crippen molar-refractivity contribution in [1.82, 2.24) is 0 Å². The Bertz CT molecular complexity index is 398. The van der Waals surface area contributed by atoms with Crippen LogP contribution in [0.2, 0.25) is 0 Å². The first-order chi connectivity index (χ1) is 7.70. The topological polar surface area (TPSA) is 29.1 Å². The van der Waals surface area contributed by atoms with Crippen molar-refractivity contribution in [2.75, 3.05) is 11.9 Å². The van der Waals surface area contributed by atoms with Crippen LogP contribution in [0.4, 0.5) is 5.69 Å². The van der Waals surface area contributed by atoms with E-state index in [1.165, 1.54) is 5.56 Å². The van der Waals surface area contributed by atoms with Gasteiger partial charge in [0.1, 0.15) is 0 Å². The minimum Gasteiger partial charge on any atom is -0.384 e. The Hall–Kier alpha value is -1.31. The van der Waals surface area contributed by atoms with Crippen LogP contribution in [0.3, 0.4) is 0 Å². The van der Waals surface area contributed by atoms with Crippen molar-refractivity contribution in [2.24, 2.45) is 5.92 Å². The van der Waals surface area contributed by atoms with Crippen LogP contribution < -0.4 is 5.32 Å². The molecule has 1 aromatic carbocycles. The van der Waals surface area contributed by atoms with E-state index >= 15 is 0 Å². The standard InChI is InChI=1S/C14H19NO/c1-3-10(2)8-14(16)12-5-4-11-6-7-15-13(11)9-12/h4-5,9-10,15H,3,6-8H2,1-2H3. The summed E-state index contributed by atoms with van der Waals surface area (Å²) in [6.45, 7) is 5.25. The summed E-state index contributed by atoms with van der Waals surface area (Å²) in [5, 5.41) is 3.31. The Labute approximate surface area is 97.1 Å².